The molecule has 174 valence electrons. The van der Waals surface area contributed by atoms with E-state index in [4.69, 9.17) is 14.6 Å². The van der Waals surface area contributed by atoms with E-state index in [1.165, 1.54) is 57.8 Å². The zero-order chi connectivity index (χ0) is 18.6. The van der Waals surface area contributed by atoms with Crippen LogP contribution in [0.2, 0.25) is 0 Å². The average molecular weight is 410 g/mol. The summed E-state index contributed by atoms with van der Waals surface area (Å²) in [6.07, 6.45) is 16.6. The van der Waals surface area contributed by atoms with Gasteiger partial charge in [-0.2, -0.15) is 0 Å². The third-order valence-electron chi connectivity index (χ3n) is 3.61. The van der Waals surface area contributed by atoms with Crippen LogP contribution < -0.4 is 0 Å². The molecule has 0 bridgehead atoms. The van der Waals surface area contributed by atoms with E-state index in [-0.39, 0.29) is 39.8 Å². The fourth-order valence-electron chi connectivity index (χ4n) is 2.30. The standard InChI is InChI=1S/C10H18O2.C8H16.C2H4O2.3CH4.H2O/c1-2-3-4-5-6-9-7-8-10(11)12-9;1-3-5-7-8-6-4-2;1-2(3)4;;;;/h9H,2-8H2,1H3;3H,1,4-8H2,2H3;1H3,(H,3,4);3*1H4;1H2/p+1. The summed E-state index contributed by atoms with van der Waals surface area (Å²) in [4.78, 5) is 19.7. The molecule has 4 N–H and O–H groups in total. The molecule has 1 aliphatic heterocycles. The number of esters is 1. The number of allylic oxidation sites excluding steroid dienone is 1. The Bertz CT molecular complexity index is 312. The summed E-state index contributed by atoms with van der Waals surface area (Å²) in [5.74, 6) is -0.838. The highest BCUT2D eigenvalue weighted by molar-refractivity contribution is 5.71. The molecule has 5 heteroatoms. The number of carboxylic acids is 1. The van der Waals surface area contributed by atoms with E-state index < -0.39 is 5.97 Å². The van der Waals surface area contributed by atoms with Gasteiger partial charge < -0.3 is 15.3 Å². The van der Waals surface area contributed by atoms with Crippen LogP contribution in [-0.4, -0.2) is 23.1 Å². The van der Waals surface area contributed by atoms with Gasteiger partial charge in [0, 0.05) is 13.3 Å². The van der Waals surface area contributed by atoms with Crippen LogP contribution in [0.3, 0.4) is 0 Å². The van der Waals surface area contributed by atoms with Gasteiger partial charge in [0.25, 0.3) is 5.97 Å². The minimum atomic E-state index is -0.833. The van der Waals surface area contributed by atoms with E-state index in [1.807, 2.05) is 6.08 Å². The number of carboxylic acid groups (broad SMARTS) is 1. The van der Waals surface area contributed by atoms with Crippen molar-refractivity contribution < 1.29 is 24.9 Å². The predicted octanol–water partition coefficient (Wildman–Crippen LogP) is 6.88. The zero-order valence-electron chi connectivity index (χ0n) is 16.6. The van der Waals surface area contributed by atoms with Crippen molar-refractivity contribution in [2.45, 2.75) is 126 Å². The van der Waals surface area contributed by atoms with Crippen LogP contribution in [0.4, 0.5) is 0 Å². The Morgan fingerprint density at radius 2 is 1.54 bits per heavy atom. The molecule has 0 aromatic rings. The summed E-state index contributed by atoms with van der Waals surface area (Å²) in [5.41, 5.74) is 0. The molecule has 28 heavy (non-hydrogen) atoms. The molecule has 1 fully saturated rings. The molecule has 1 rings (SSSR count). The first-order valence-corrected chi connectivity index (χ1v) is 9.47. The molecule has 5 nitrogen and oxygen atoms in total. The quantitative estimate of drug-likeness (QED) is 0.184. The lowest BCUT2D eigenvalue weighted by atomic mass is 10.1. The maximum absolute atomic E-state index is 10.7. The maximum atomic E-state index is 10.7. The van der Waals surface area contributed by atoms with Gasteiger partial charge in [0.15, 0.2) is 0 Å². The van der Waals surface area contributed by atoms with Gasteiger partial charge >= 0.3 is 5.97 Å². The van der Waals surface area contributed by atoms with Crippen molar-refractivity contribution in [3.63, 3.8) is 0 Å². The van der Waals surface area contributed by atoms with Gasteiger partial charge in [-0.3, -0.25) is 9.59 Å². The third kappa shape index (κ3) is 39.6. The highest BCUT2D eigenvalue weighted by Crippen LogP contribution is 2.19. The molecule has 1 heterocycles. The van der Waals surface area contributed by atoms with E-state index in [1.54, 1.807) is 0 Å². The molecule has 0 aliphatic carbocycles. The number of hydrogen-bond donors (Lipinski definition) is 1. The lowest BCUT2D eigenvalue weighted by Crippen LogP contribution is -2.05. The van der Waals surface area contributed by atoms with E-state index in [0.717, 1.165) is 19.8 Å². The molecule has 1 unspecified atom stereocenters. The fourth-order valence-corrected chi connectivity index (χ4v) is 2.30. The van der Waals surface area contributed by atoms with Crippen LogP contribution in [0.1, 0.15) is 120 Å². The average Bonchev–Trinajstić information content (AvgIpc) is 2.94. The SMILES string of the molecule is C.C.C.C=CCCCCCC.CC(=O)O.CCCCCCC1CCC(=O)O1.[OH3+]. The second-order valence-corrected chi connectivity index (χ2v) is 6.16. The summed E-state index contributed by atoms with van der Waals surface area (Å²) in [7, 11) is 0. The van der Waals surface area contributed by atoms with Crippen LogP contribution in [-0.2, 0) is 19.8 Å². The summed E-state index contributed by atoms with van der Waals surface area (Å²) >= 11 is 0. The van der Waals surface area contributed by atoms with Gasteiger partial charge in [-0.25, -0.2) is 0 Å². The highest BCUT2D eigenvalue weighted by atomic mass is 16.5. The number of cyclic esters (lactones) is 1. The summed E-state index contributed by atoms with van der Waals surface area (Å²) < 4.78 is 5.10. The van der Waals surface area contributed by atoms with Gasteiger partial charge in [0.1, 0.15) is 6.10 Å². The Hall–Kier alpha value is -1.36. The second kappa shape index (κ2) is 33.2. The predicted molar refractivity (Wildman–Crippen MR) is 125 cm³/mol. The van der Waals surface area contributed by atoms with Crippen LogP contribution in [0, 0.1) is 0 Å². The number of carbonyl (C=O) groups excluding carboxylic acids is 1. The van der Waals surface area contributed by atoms with E-state index in [0.29, 0.717) is 6.42 Å². The van der Waals surface area contributed by atoms with E-state index in [2.05, 4.69) is 20.4 Å². The zero-order valence-corrected chi connectivity index (χ0v) is 16.6. The van der Waals surface area contributed by atoms with Gasteiger partial charge in [0.2, 0.25) is 0 Å². The minimum absolute atomic E-state index is 0. The Kier molecular flexibility index (Phi) is 48.8. The number of ether oxygens (including phenoxy) is 1. The van der Waals surface area contributed by atoms with E-state index in [9.17, 15) is 4.79 Å². The largest absolute Gasteiger partial charge is 0.481 e. The number of rotatable bonds is 10. The smallest absolute Gasteiger partial charge is 0.306 e. The first-order valence-electron chi connectivity index (χ1n) is 9.47. The fraction of sp³-hybridized carbons (Fsp3) is 0.826. The van der Waals surface area contributed by atoms with Crippen LogP contribution in [0.5, 0.6) is 0 Å². The summed E-state index contributed by atoms with van der Waals surface area (Å²) in [5, 5.41) is 7.42. The number of unbranched alkanes of at least 4 members (excludes halogenated alkanes) is 7. The Balaban J connectivity index is -0.0000000674. The van der Waals surface area contributed by atoms with Gasteiger partial charge in [0.05, 0.1) is 0 Å². The molecular formula is C23H53O5+. The van der Waals surface area contributed by atoms with Gasteiger partial charge in [-0.15, -0.1) is 6.58 Å². The van der Waals surface area contributed by atoms with Crippen LogP contribution >= 0.6 is 0 Å². The van der Waals surface area contributed by atoms with E-state index >= 15 is 0 Å². The van der Waals surface area contributed by atoms with Crippen LogP contribution in [0.15, 0.2) is 12.7 Å². The summed E-state index contributed by atoms with van der Waals surface area (Å²) in [6, 6.07) is 0. The molecule has 1 aliphatic rings. The highest BCUT2D eigenvalue weighted by Gasteiger charge is 2.22. The monoisotopic (exact) mass is 409 g/mol. The number of aliphatic carboxylic acids is 1. The van der Waals surface area contributed by atoms with Crippen molar-refractivity contribution in [3.05, 3.63) is 12.7 Å². The molecule has 0 aromatic carbocycles. The number of hydrogen-bond acceptors (Lipinski definition) is 3. The Morgan fingerprint density at radius 1 is 1.07 bits per heavy atom. The molecule has 0 radical (unpaired) electrons. The first kappa shape index (κ1) is 41.1. The maximum Gasteiger partial charge on any atom is 0.306 e. The van der Waals surface area contributed by atoms with Crippen molar-refractivity contribution in [2.75, 3.05) is 0 Å². The Labute approximate surface area is 176 Å². The molecule has 1 saturated heterocycles. The molecule has 1 atom stereocenters. The molecule has 0 aromatic heterocycles. The van der Waals surface area contributed by atoms with Crippen molar-refractivity contribution in [1.29, 1.82) is 0 Å². The molecular weight excluding hydrogens is 356 g/mol. The van der Waals surface area contributed by atoms with Gasteiger partial charge in [-0.05, 0) is 32.1 Å². The van der Waals surface area contributed by atoms with Gasteiger partial charge in [-0.1, -0.05) is 80.7 Å². The lowest BCUT2D eigenvalue weighted by molar-refractivity contribution is -0.141. The van der Waals surface area contributed by atoms with Crippen molar-refractivity contribution in [2.24, 2.45) is 0 Å². The Morgan fingerprint density at radius 3 is 1.89 bits per heavy atom. The molecule has 0 saturated carbocycles. The van der Waals surface area contributed by atoms with Crippen molar-refractivity contribution >= 4 is 11.9 Å². The minimum Gasteiger partial charge on any atom is -0.481 e. The van der Waals surface area contributed by atoms with Crippen molar-refractivity contribution in [1.82, 2.24) is 0 Å². The third-order valence-corrected chi connectivity index (χ3v) is 3.61. The van der Waals surface area contributed by atoms with Crippen molar-refractivity contribution in [3.8, 4) is 0 Å². The van der Waals surface area contributed by atoms with Crippen LogP contribution in [0.25, 0.3) is 0 Å². The molecule has 0 spiro atoms. The summed E-state index contributed by atoms with van der Waals surface area (Å²) in [6.45, 7) is 9.18. The lowest BCUT2D eigenvalue weighted by Gasteiger charge is -2.07. The topological polar surface area (TPSA) is 96.6 Å². The first-order chi connectivity index (χ1) is 11.5. The molecule has 0 amide bonds. The number of carbonyl (C=O) groups is 2. The normalized spacial score (nSPS) is 13.2. The second-order valence-electron chi connectivity index (χ2n) is 6.16.